The second-order valence-corrected chi connectivity index (χ2v) is 7.21. The summed E-state index contributed by atoms with van der Waals surface area (Å²) in [6, 6.07) is 3.50. The third-order valence-electron chi connectivity index (χ3n) is 3.09. The minimum absolute atomic E-state index is 0.0262. The lowest BCUT2D eigenvalue weighted by atomic mass is 10.1. The quantitative estimate of drug-likeness (QED) is 0.555. The summed E-state index contributed by atoms with van der Waals surface area (Å²) in [5.41, 5.74) is 0.259. The van der Waals surface area contributed by atoms with Crippen LogP contribution >= 0.6 is 15.9 Å². The van der Waals surface area contributed by atoms with Gasteiger partial charge in [-0.1, -0.05) is 0 Å². The van der Waals surface area contributed by atoms with E-state index in [0.717, 1.165) is 6.07 Å². The van der Waals surface area contributed by atoms with Gasteiger partial charge in [-0.3, -0.25) is 4.79 Å². The van der Waals surface area contributed by atoms with Crippen LogP contribution in [0.2, 0.25) is 0 Å². The zero-order valence-corrected chi connectivity index (χ0v) is 13.7. The van der Waals surface area contributed by atoms with Crippen molar-refractivity contribution in [3.05, 3.63) is 22.7 Å². The number of hydrogen-bond acceptors (Lipinski definition) is 4. The summed E-state index contributed by atoms with van der Waals surface area (Å²) in [4.78, 5) is 13.1. The van der Waals surface area contributed by atoms with Crippen molar-refractivity contribution in [2.24, 2.45) is 5.92 Å². The second-order valence-electron chi connectivity index (χ2n) is 4.94. The van der Waals surface area contributed by atoms with Gasteiger partial charge in [0.05, 0.1) is 10.2 Å². The standard InChI is InChI=1S/C12H10BrF4NO4S/c13-9-4-8(1-2-10(9)22-12(14,15)16)18-5-7(3-11(18)19)6-23(17,20)21/h1-2,4,7H,3,5-6H2. The van der Waals surface area contributed by atoms with E-state index in [9.17, 15) is 30.3 Å². The van der Waals surface area contributed by atoms with Gasteiger partial charge in [-0.25, -0.2) is 0 Å². The molecule has 0 spiro atoms. The zero-order valence-electron chi connectivity index (χ0n) is 11.3. The van der Waals surface area contributed by atoms with Crippen LogP contribution in [0.4, 0.5) is 22.7 Å². The molecule has 0 N–H and O–H groups in total. The number of carbonyl (C=O) groups is 1. The highest BCUT2D eigenvalue weighted by Gasteiger charge is 2.35. The number of halogens is 5. The Morgan fingerprint density at radius 2 is 2.00 bits per heavy atom. The molecule has 128 valence electrons. The molecule has 1 heterocycles. The van der Waals surface area contributed by atoms with E-state index in [1.165, 1.54) is 17.0 Å². The molecule has 0 saturated carbocycles. The van der Waals surface area contributed by atoms with Gasteiger partial charge in [0, 0.05) is 24.6 Å². The van der Waals surface area contributed by atoms with Crippen molar-refractivity contribution in [1.29, 1.82) is 0 Å². The Labute approximate surface area is 137 Å². The number of hydrogen-bond donors (Lipinski definition) is 0. The second kappa shape index (κ2) is 6.27. The maximum atomic E-state index is 12.7. The molecule has 1 fully saturated rings. The minimum Gasteiger partial charge on any atom is -0.405 e. The minimum atomic E-state index is -4.85. The molecule has 0 aliphatic carbocycles. The molecule has 5 nitrogen and oxygen atoms in total. The molecule has 1 aliphatic rings. The first-order valence-electron chi connectivity index (χ1n) is 6.22. The van der Waals surface area contributed by atoms with Gasteiger partial charge >= 0.3 is 16.6 Å². The summed E-state index contributed by atoms with van der Waals surface area (Å²) >= 11 is 2.91. The van der Waals surface area contributed by atoms with Crippen LogP contribution in [0.15, 0.2) is 22.7 Å². The molecular formula is C12H10BrF4NO4S. The lowest BCUT2D eigenvalue weighted by Crippen LogP contribution is -2.25. The molecule has 1 aromatic carbocycles. The Morgan fingerprint density at radius 1 is 1.35 bits per heavy atom. The molecular weight excluding hydrogens is 410 g/mol. The van der Waals surface area contributed by atoms with Crippen LogP contribution in [0.3, 0.4) is 0 Å². The molecule has 1 atom stereocenters. The Balaban J connectivity index is 2.16. The monoisotopic (exact) mass is 419 g/mol. The number of anilines is 1. The maximum absolute atomic E-state index is 12.7. The van der Waals surface area contributed by atoms with Crippen molar-refractivity contribution in [2.45, 2.75) is 12.8 Å². The lowest BCUT2D eigenvalue weighted by Gasteiger charge is -2.18. The smallest absolute Gasteiger partial charge is 0.405 e. The molecule has 1 aliphatic heterocycles. The van der Waals surface area contributed by atoms with Crippen LogP contribution in [-0.2, 0) is 15.0 Å². The zero-order chi connectivity index (χ0) is 17.4. The van der Waals surface area contributed by atoms with Crippen LogP contribution in [0, 0.1) is 5.92 Å². The van der Waals surface area contributed by atoms with Crippen LogP contribution in [0.25, 0.3) is 0 Å². The Hall–Kier alpha value is -1.36. The topological polar surface area (TPSA) is 63.7 Å². The molecule has 11 heteroatoms. The van der Waals surface area contributed by atoms with E-state index in [1.807, 2.05) is 0 Å². The predicted octanol–water partition coefficient (Wildman–Crippen LogP) is 3.00. The summed E-state index contributed by atoms with van der Waals surface area (Å²) in [6.07, 6.45) is -5.00. The average molecular weight is 420 g/mol. The third kappa shape index (κ3) is 5.06. The fourth-order valence-electron chi connectivity index (χ4n) is 2.29. The van der Waals surface area contributed by atoms with Crippen molar-refractivity contribution in [1.82, 2.24) is 0 Å². The summed E-state index contributed by atoms with van der Waals surface area (Å²) < 4.78 is 74.3. The molecule has 0 aromatic heterocycles. The van der Waals surface area contributed by atoms with E-state index in [2.05, 4.69) is 20.7 Å². The largest absolute Gasteiger partial charge is 0.573 e. The van der Waals surface area contributed by atoms with Crippen molar-refractivity contribution < 1.29 is 35.0 Å². The number of carbonyl (C=O) groups excluding carboxylic acids is 1. The molecule has 1 amide bonds. The van der Waals surface area contributed by atoms with Crippen molar-refractivity contribution in [3.63, 3.8) is 0 Å². The highest BCUT2D eigenvalue weighted by molar-refractivity contribution is 9.10. The normalized spacial score (nSPS) is 19.3. The molecule has 2 rings (SSSR count). The van der Waals surface area contributed by atoms with Gasteiger partial charge in [-0.2, -0.15) is 8.42 Å². The first-order chi connectivity index (χ1) is 10.4. The first-order valence-corrected chi connectivity index (χ1v) is 8.57. The van der Waals surface area contributed by atoms with Crippen LogP contribution in [0.5, 0.6) is 5.75 Å². The predicted molar refractivity (Wildman–Crippen MR) is 76.2 cm³/mol. The third-order valence-corrected chi connectivity index (χ3v) is 4.58. The van der Waals surface area contributed by atoms with Gasteiger partial charge in [-0.15, -0.1) is 17.1 Å². The summed E-state index contributed by atoms with van der Waals surface area (Å²) in [5.74, 6) is -2.39. The van der Waals surface area contributed by atoms with Gasteiger partial charge in [0.1, 0.15) is 5.75 Å². The molecule has 23 heavy (non-hydrogen) atoms. The molecule has 0 radical (unpaired) electrons. The van der Waals surface area contributed by atoms with Crippen molar-refractivity contribution in [2.75, 3.05) is 17.2 Å². The Kier molecular flexibility index (Phi) is 4.90. The molecule has 1 saturated heterocycles. The molecule has 1 aromatic rings. The average Bonchev–Trinajstić information content (AvgIpc) is 2.68. The SMILES string of the molecule is O=C1CC(CS(=O)(=O)F)CN1c1ccc(OC(F)(F)F)c(Br)c1. The first kappa shape index (κ1) is 18.0. The summed E-state index contributed by atoms with van der Waals surface area (Å²) in [5, 5.41) is 0. The van der Waals surface area contributed by atoms with Gasteiger partial charge in [0.25, 0.3) is 0 Å². The van der Waals surface area contributed by atoms with Crippen molar-refractivity contribution in [3.8, 4) is 5.75 Å². The van der Waals surface area contributed by atoms with Gasteiger partial charge in [0.15, 0.2) is 0 Å². The maximum Gasteiger partial charge on any atom is 0.573 e. The van der Waals surface area contributed by atoms with E-state index < -0.39 is 39.9 Å². The number of nitrogens with zero attached hydrogens (tertiary/aromatic N) is 1. The molecule has 1 unspecified atom stereocenters. The fraction of sp³-hybridized carbons (Fsp3) is 0.417. The van der Waals surface area contributed by atoms with Gasteiger partial charge in [0.2, 0.25) is 5.91 Å². The van der Waals surface area contributed by atoms with Gasteiger partial charge in [-0.05, 0) is 34.1 Å². The van der Waals surface area contributed by atoms with Crippen LogP contribution < -0.4 is 9.64 Å². The number of amides is 1. The van der Waals surface area contributed by atoms with E-state index in [1.54, 1.807) is 0 Å². The number of benzene rings is 1. The van der Waals surface area contributed by atoms with E-state index >= 15 is 0 Å². The van der Waals surface area contributed by atoms with E-state index in [0.29, 0.717) is 0 Å². The Morgan fingerprint density at radius 3 is 2.52 bits per heavy atom. The van der Waals surface area contributed by atoms with E-state index in [4.69, 9.17) is 0 Å². The molecule has 0 bridgehead atoms. The van der Waals surface area contributed by atoms with Crippen molar-refractivity contribution >= 4 is 37.7 Å². The highest BCUT2D eigenvalue weighted by Crippen LogP contribution is 2.35. The highest BCUT2D eigenvalue weighted by atomic mass is 79.9. The Bertz CT molecular complexity index is 722. The number of rotatable bonds is 4. The summed E-state index contributed by atoms with van der Waals surface area (Å²) in [6.45, 7) is -0.0338. The van der Waals surface area contributed by atoms with Gasteiger partial charge < -0.3 is 9.64 Å². The fourth-order valence-corrected chi connectivity index (χ4v) is 3.52. The lowest BCUT2D eigenvalue weighted by molar-refractivity contribution is -0.274. The number of ether oxygens (including phenoxy) is 1. The number of alkyl halides is 3. The van der Waals surface area contributed by atoms with Crippen LogP contribution in [-0.4, -0.2) is 33.0 Å². The van der Waals surface area contributed by atoms with Crippen LogP contribution in [0.1, 0.15) is 6.42 Å². The van der Waals surface area contributed by atoms with E-state index in [-0.39, 0.29) is 23.1 Å². The summed E-state index contributed by atoms with van der Waals surface area (Å²) in [7, 11) is -4.70.